The first-order valence-electron chi connectivity index (χ1n) is 2.56. The number of aromatic nitrogens is 1. The Morgan fingerprint density at radius 2 is 1.91 bits per heavy atom. The molecule has 0 unspecified atom stereocenters. The van der Waals surface area contributed by atoms with E-state index in [1.54, 1.807) is 18.3 Å². The molecule has 0 atom stereocenters. The summed E-state index contributed by atoms with van der Waals surface area (Å²) in [6.45, 7) is 0. The van der Waals surface area contributed by atoms with Crippen molar-refractivity contribution < 1.29 is 13.3 Å². The average Bonchev–Trinajstić information content (AvgIpc) is 1.87. The Morgan fingerprint density at radius 3 is 2.09 bits per heavy atom. The summed E-state index contributed by atoms with van der Waals surface area (Å²) >= 11 is -2.61. The van der Waals surface area contributed by atoms with Crippen LogP contribution in [0, 0.1) is 0 Å². The molecule has 1 heterocycles. The summed E-state index contributed by atoms with van der Waals surface area (Å²) in [5.74, 6) is 0. The fraction of sp³-hybridized carbons (Fsp3) is 0. The molecule has 0 amide bonds. The molecule has 1 aromatic rings. The highest BCUT2D eigenvalue weighted by Crippen LogP contribution is 1.67. The van der Waals surface area contributed by atoms with Gasteiger partial charge in [-0.3, -0.25) is 13.9 Å². The SMILES string of the molecule is O=S(O)O.O=c1cccc[nH]1. The lowest BCUT2D eigenvalue weighted by Gasteiger charge is -1.73. The van der Waals surface area contributed by atoms with Crippen LogP contribution in [0.4, 0.5) is 0 Å². The molecule has 0 fully saturated rings. The number of hydrogen-bond acceptors (Lipinski definition) is 2. The van der Waals surface area contributed by atoms with Crippen LogP contribution in [0.15, 0.2) is 29.2 Å². The highest BCUT2D eigenvalue weighted by molar-refractivity contribution is 7.73. The summed E-state index contributed by atoms with van der Waals surface area (Å²) in [6.07, 6.45) is 1.60. The molecule has 0 aliphatic rings. The Bertz CT molecular complexity index is 250. The average molecular weight is 177 g/mol. The van der Waals surface area contributed by atoms with Crippen LogP contribution < -0.4 is 5.56 Å². The van der Waals surface area contributed by atoms with Crippen LogP contribution in [0.5, 0.6) is 0 Å². The van der Waals surface area contributed by atoms with Gasteiger partial charge in [-0.15, -0.1) is 0 Å². The van der Waals surface area contributed by atoms with E-state index >= 15 is 0 Å². The molecule has 5 nitrogen and oxygen atoms in total. The highest BCUT2D eigenvalue weighted by atomic mass is 32.2. The summed E-state index contributed by atoms with van der Waals surface area (Å²) in [5, 5.41) is 0. The summed E-state index contributed by atoms with van der Waals surface area (Å²) < 4.78 is 22.8. The molecule has 0 saturated carbocycles. The van der Waals surface area contributed by atoms with Crippen LogP contribution in [0.3, 0.4) is 0 Å². The van der Waals surface area contributed by atoms with E-state index in [1.807, 2.05) is 0 Å². The van der Waals surface area contributed by atoms with Crippen molar-refractivity contribution in [1.82, 2.24) is 4.98 Å². The quantitative estimate of drug-likeness (QED) is 0.488. The van der Waals surface area contributed by atoms with Gasteiger partial charge >= 0.3 is 0 Å². The standard InChI is InChI=1S/C5H5NO.H2O3S/c7-5-3-1-2-4-6-5;1-4(2)3/h1-4H,(H,6,7);(H2,1,2,3). The van der Waals surface area contributed by atoms with Crippen LogP contribution in [0.1, 0.15) is 0 Å². The lowest BCUT2D eigenvalue weighted by Crippen LogP contribution is -1.98. The number of nitrogens with one attached hydrogen (secondary N) is 1. The normalized spacial score (nSPS) is 8.64. The van der Waals surface area contributed by atoms with Crippen molar-refractivity contribution in [2.45, 2.75) is 0 Å². The second-order valence-electron chi connectivity index (χ2n) is 1.46. The fourth-order valence-corrected chi connectivity index (χ4v) is 0.377. The summed E-state index contributed by atoms with van der Waals surface area (Å²) in [7, 11) is 0. The molecule has 3 N–H and O–H groups in total. The van der Waals surface area contributed by atoms with Crippen molar-refractivity contribution in [2.75, 3.05) is 0 Å². The van der Waals surface area contributed by atoms with Gasteiger partial charge in [0.2, 0.25) is 5.56 Å². The molecule has 62 valence electrons. The minimum atomic E-state index is -2.61. The van der Waals surface area contributed by atoms with Gasteiger partial charge in [-0.2, -0.15) is 4.21 Å². The second kappa shape index (κ2) is 5.78. The van der Waals surface area contributed by atoms with E-state index in [0.29, 0.717) is 0 Å². The zero-order chi connectivity index (χ0) is 8.69. The maximum absolute atomic E-state index is 10.2. The van der Waals surface area contributed by atoms with Gasteiger partial charge in [0.05, 0.1) is 0 Å². The van der Waals surface area contributed by atoms with E-state index in [1.165, 1.54) is 6.07 Å². The predicted octanol–water partition coefficient (Wildman–Crippen LogP) is 0.0560. The van der Waals surface area contributed by atoms with Gasteiger partial charge in [0, 0.05) is 12.3 Å². The third-order valence-electron chi connectivity index (χ3n) is 0.681. The molecule has 0 aliphatic carbocycles. The van der Waals surface area contributed by atoms with Crippen molar-refractivity contribution in [1.29, 1.82) is 0 Å². The van der Waals surface area contributed by atoms with Crippen molar-refractivity contribution in [2.24, 2.45) is 0 Å². The van der Waals surface area contributed by atoms with Crippen LogP contribution >= 0.6 is 0 Å². The number of rotatable bonds is 0. The van der Waals surface area contributed by atoms with Gasteiger partial charge in [-0.05, 0) is 6.07 Å². The minimum Gasteiger partial charge on any atom is -0.329 e. The summed E-state index contributed by atoms with van der Waals surface area (Å²) in [4.78, 5) is 12.7. The molecule has 0 saturated heterocycles. The van der Waals surface area contributed by atoms with E-state index in [0.717, 1.165) is 0 Å². The molecule has 11 heavy (non-hydrogen) atoms. The lowest BCUT2D eigenvalue weighted by molar-refractivity contribution is 0.454. The van der Waals surface area contributed by atoms with Crippen LogP contribution in [-0.2, 0) is 11.4 Å². The van der Waals surface area contributed by atoms with Gasteiger partial charge in [0.15, 0.2) is 0 Å². The van der Waals surface area contributed by atoms with Crippen molar-refractivity contribution in [3.8, 4) is 0 Å². The molecule has 0 spiro atoms. The molecule has 1 rings (SSSR count). The number of hydrogen-bond donors (Lipinski definition) is 3. The Hall–Kier alpha value is -0.980. The molecule has 1 aromatic heterocycles. The highest BCUT2D eigenvalue weighted by Gasteiger charge is 1.69. The van der Waals surface area contributed by atoms with E-state index < -0.39 is 11.4 Å². The van der Waals surface area contributed by atoms with Gasteiger partial charge in [0.1, 0.15) is 0 Å². The Morgan fingerprint density at radius 1 is 1.36 bits per heavy atom. The van der Waals surface area contributed by atoms with Crippen LogP contribution in [0.25, 0.3) is 0 Å². The maximum atomic E-state index is 10.2. The number of H-pyrrole nitrogens is 1. The monoisotopic (exact) mass is 177 g/mol. The topological polar surface area (TPSA) is 90.4 Å². The Kier molecular flexibility index (Phi) is 5.26. The van der Waals surface area contributed by atoms with E-state index in [-0.39, 0.29) is 5.56 Å². The van der Waals surface area contributed by atoms with Crippen molar-refractivity contribution in [3.05, 3.63) is 34.7 Å². The maximum Gasteiger partial charge on any atom is 0.299 e. The lowest BCUT2D eigenvalue weighted by atomic mass is 10.5. The van der Waals surface area contributed by atoms with E-state index in [9.17, 15) is 4.79 Å². The second-order valence-corrected chi connectivity index (χ2v) is 1.92. The smallest absolute Gasteiger partial charge is 0.299 e. The molecule has 0 aromatic carbocycles. The zero-order valence-corrected chi connectivity index (χ0v) is 6.25. The van der Waals surface area contributed by atoms with Crippen molar-refractivity contribution >= 4 is 11.4 Å². The molecular weight excluding hydrogens is 170 g/mol. The van der Waals surface area contributed by atoms with E-state index in [2.05, 4.69) is 4.98 Å². The molecule has 0 radical (unpaired) electrons. The Labute approximate surface area is 65.2 Å². The molecule has 0 bridgehead atoms. The fourth-order valence-electron chi connectivity index (χ4n) is 0.377. The predicted molar refractivity (Wildman–Crippen MR) is 40.5 cm³/mol. The van der Waals surface area contributed by atoms with Gasteiger partial charge in [-0.25, -0.2) is 0 Å². The largest absolute Gasteiger partial charge is 0.329 e. The minimum absolute atomic E-state index is 0.0532. The molecule has 0 aliphatic heterocycles. The third kappa shape index (κ3) is 9.02. The van der Waals surface area contributed by atoms with Crippen LogP contribution in [-0.4, -0.2) is 18.3 Å². The van der Waals surface area contributed by atoms with Gasteiger partial charge < -0.3 is 4.98 Å². The zero-order valence-electron chi connectivity index (χ0n) is 5.43. The van der Waals surface area contributed by atoms with Crippen molar-refractivity contribution in [3.63, 3.8) is 0 Å². The van der Waals surface area contributed by atoms with Gasteiger partial charge in [-0.1, -0.05) is 6.07 Å². The number of aromatic amines is 1. The molecular formula is C5H7NO4S. The third-order valence-corrected chi connectivity index (χ3v) is 0.681. The number of pyridine rings is 1. The van der Waals surface area contributed by atoms with Crippen LogP contribution in [0.2, 0.25) is 0 Å². The first-order valence-corrected chi connectivity index (χ1v) is 3.63. The summed E-state index contributed by atoms with van der Waals surface area (Å²) in [6, 6.07) is 4.93. The van der Waals surface area contributed by atoms with Gasteiger partial charge in [0.25, 0.3) is 11.4 Å². The summed E-state index contributed by atoms with van der Waals surface area (Å²) in [5.41, 5.74) is -0.0532. The first kappa shape index (κ1) is 10.0. The first-order chi connectivity index (χ1) is 5.13. The van der Waals surface area contributed by atoms with E-state index in [4.69, 9.17) is 13.3 Å². The molecule has 6 heteroatoms. The Balaban J connectivity index is 0.000000218.